The van der Waals surface area contributed by atoms with Crippen LogP contribution in [0.25, 0.3) is 0 Å². The predicted octanol–water partition coefficient (Wildman–Crippen LogP) is 3.03. The second-order valence-corrected chi connectivity index (χ2v) is 2.10. The van der Waals surface area contributed by atoms with Crippen LogP contribution in [0.3, 0.4) is 0 Å². The molecule has 0 rings (SSSR count). The van der Waals surface area contributed by atoms with E-state index in [0.29, 0.717) is 0 Å². The summed E-state index contributed by atoms with van der Waals surface area (Å²) < 4.78 is 0. The summed E-state index contributed by atoms with van der Waals surface area (Å²) >= 11 is 0. The molecule has 0 bridgehead atoms. The van der Waals surface area contributed by atoms with Crippen molar-refractivity contribution in [3.05, 3.63) is 0 Å². The van der Waals surface area contributed by atoms with Gasteiger partial charge in [0.1, 0.15) is 0 Å². The quantitative estimate of drug-likeness (QED) is 0.595. The summed E-state index contributed by atoms with van der Waals surface area (Å²) in [4.78, 5) is 0. The van der Waals surface area contributed by atoms with Gasteiger partial charge in [0.25, 0.3) is 0 Å². The molecule has 0 radical (unpaired) electrons. The number of hydrogen-bond acceptors (Lipinski definition) is 1. The van der Waals surface area contributed by atoms with E-state index < -0.39 is 0 Å². The Morgan fingerprint density at radius 3 is 1.67 bits per heavy atom. The summed E-state index contributed by atoms with van der Waals surface area (Å²) in [7, 11) is 0. The predicted molar refractivity (Wildman–Crippen MR) is 44.8 cm³/mol. The maximum atomic E-state index is 7.29. The van der Waals surface area contributed by atoms with Crippen LogP contribution in [0.1, 0.15) is 39.5 Å². The first-order valence-corrected chi connectivity index (χ1v) is 3.37. The van der Waals surface area contributed by atoms with Crippen molar-refractivity contribution in [2.24, 2.45) is 0 Å². The molecule has 0 spiro atoms. The van der Waals surface area contributed by atoms with Gasteiger partial charge in [0.2, 0.25) is 0 Å². The molecule has 1 N–H and O–H groups in total. The van der Waals surface area contributed by atoms with E-state index in [1.54, 1.807) is 0 Å². The Hall–Kier alpha value is -0.0400. The van der Waals surface area contributed by atoms with Crippen molar-refractivity contribution in [1.82, 2.24) is 0 Å². The third-order valence-corrected chi connectivity index (χ3v) is 1.10. The molecule has 56 valence electrons. The fourth-order valence-electron chi connectivity index (χ4n) is 0.729. The fourth-order valence-corrected chi connectivity index (χ4v) is 0.729. The third kappa shape index (κ3) is 7.96. The molecule has 9 heavy (non-hydrogen) atoms. The molecule has 0 aliphatic heterocycles. The zero-order valence-corrected chi connectivity index (χ0v) is 7.05. The van der Waals surface area contributed by atoms with Crippen molar-refractivity contribution >= 4 is 18.1 Å². The van der Waals surface area contributed by atoms with Gasteiger partial charge in [-0.05, 0) is 12.8 Å². The van der Waals surface area contributed by atoms with Crippen LogP contribution in [-0.2, 0) is 0 Å². The summed E-state index contributed by atoms with van der Waals surface area (Å²) in [6.45, 7) is 4.23. The van der Waals surface area contributed by atoms with Gasteiger partial charge in [0.15, 0.2) is 0 Å². The average molecular weight is 150 g/mol. The van der Waals surface area contributed by atoms with Gasteiger partial charge >= 0.3 is 0 Å². The largest absolute Gasteiger partial charge is 0.310 e. The first-order chi connectivity index (χ1) is 3.81. The van der Waals surface area contributed by atoms with Crippen molar-refractivity contribution in [3.8, 4) is 0 Å². The van der Waals surface area contributed by atoms with Crippen molar-refractivity contribution in [3.63, 3.8) is 0 Å². The molecule has 0 amide bonds. The van der Waals surface area contributed by atoms with Crippen molar-refractivity contribution < 1.29 is 0 Å². The first kappa shape index (κ1) is 11.7. The molecule has 0 unspecified atom stereocenters. The Morgan fingerprint density at radius 2 is 1.44 bits per heavy atom. The third-order valence-electron chi connectivity index (χ3n) is 1.10. The zero-order valence-electron chi connectivity index (χ0n) is 6.24. The highest BCUT2D eigenvalue weighted by Gasteiger charge is 1.90. The molecule has 2 heteroatoms. The van der Waals surface area contributed by atoms with Crippen LogP contribution in [0.4, 0.5) is 0 Å². The number of rotatable bonds is 4. The van der Waals surface area contributed by atoms with Crippen molar-refractivity contribution in [1.29, 1.82) is 5.41 Å². The fraction of sp³-hybridized carbons (Fsp3) is 0.857. The number of hydrogen-bond donors (Lipinski definition) is 1. The minimum absolute atomic E-state index is 0. The van der Waals surface area contributed by atoms with E-state index >= 15 is 0 Å². The van der Waals surface area contributed by atoms with Crippen molar-refractivity contribution in [2.45, 2.75) is 39.5 Å². The lowest BCUT2D eigenvalue weighted by Crippen LogP contribution is -1.92. The van der Waals surface area contributed by atoms with Gasteiger partial charge in [-0.1, -0.05) is 26.7 Å². The van der Waals surface area contributed by atoms with E-state index in [0.717, 1.165) is 31.4 Å². The van der Waals surface area contributed by atoms with Crippen LogP contribution < -0.4 is 0 Å². The van der Waals surface area contributed by atoms with E-state index in [1.807, 2.05) is 0 Å². The van der Waals surface area contributed by atoms with Gasteiger partial charge in [-0.15, -0.1) is 12.4 Å². The molecule has 0 heterocycles. The lowest BCUT2D eigenvalue weighted by molar-refractivity contribution is 0.906. The minimum atomic E-state index is 0. The van der Waals surface area contributed by atoms with Crippen LogP contribution in [0, 0.1) is 5.41 Å². The molecule has 0 fully saturated rings. The van der Waals surface area contributed by atoms with Gasteiger partial charge in [0.05, 0.1) is 0 Å². The highest BCUT2D eigenvalue weighted by Crippen LogP contribution is 1.96. The molecule has 0 aliphatic carbocycles. The Labute approximate surface area is 63.8 Å². The minimum Gasteiger partial charge on any atom is -0.310 e. The highest BCUT2D eigenvalue weighted by atomic mass is 35.5. The molecule has 0 saturated heterocycles. The zero-order chi connectivity index (χ0) is 6.41. The van der Waals surface area contributed by atoms with Gasteiger partial charge in [-0.2, -0.15) is 0 Å². The first-order valence-electron chi connectivity index (χ1n) is 3.37. The summed E-state index contributed by atoms with van der Waals surface area (Å²) in [6, 6.07) is 0. The molecule has 0 aromatic carbocycles. The van der Waals surface area contributed by atoms with Gasteiger partial charge < -0.3 is 5.41 Å². The summed E-state index contributed by atoms with van der Waals surface area (Å²) in [6.07, 6.45) is 4.24. The summed E-state index contributed by atoms with van der Waals surface area (Å²) in [5, 5.41) is 7.29. The lowest BCUT2D eigenvalue weighted by atomic mass is 10.1. The second-order valence-electron chi connectivity index (χ2n) is 2.10. The monoisotopic (exact) mass is 149 g/mol. The van der Waals surface area contributed by atoms with Gasteiger partial charge in [-0.3, -0.25) is 0 Å². The van der Waals surface area contributed by atoms with E-state index in [4.69, 9.17) is 5.41 Å². The number of nitrogens with one attached hydrogen (secondary N) is 1. The van der Waals surface area contributed by atoms with E-state index in [1.165, 1.54) is 0 Å². The number of halogens is 1. The molecule has 0 atom stereocenters. The molecule has 0 aliphatic rings. The van der Waals surface area contributed by atoms with Crippen LogP contribution in [0.2, 0.25) is 0 Å². The van der Waals surface area contributed by atoms with Crippen LogP contribution in [0.5, 0.6) is 0 Å². The molecule has 0 saturated carbocycles. The van der Waals surface area contributed by atoms with Crippen LogP contribution in [-0.4, -0.2) is 5.71 Å². The van der Waals surface area contributed by atoms with E-state index in [9.17, 15) is 0 Å². The Morgan fingerprint density at radius 1 is 1.11 bits per heavy atom. The molecule has 1 nitrogen and oxygen atoms in total. The SMILES string of the molecule is CCCC(=N)CCC.Cl. The summed E-state index contributed by atoms with van der Waals surface area (Å²) in [5.74, 6) is 0. The van der Waals surface area contributed by atoms with Crippen molar-refractivity contribution in [2.75, 3.05) is 0 Å². The highest BCUT2D eigenvalue weighted by molar-refractivity contribution is 5.85. The summed E-state index contributed by atoms with van der Waals surface area (Å²) in [5.41, 5.74) is 0.912. The lowest BCUT2D eigenvalue weighted by Gasteiger charge is -1.95. The smallest absolute Gasteiger partial charge is 0.00889 e. The molecular formula is C7H16ClN. The Balaban J connectivity index is 0. The van der Waals surface area contributed by atoms with Crippen LogP contribution in [0.15, 0.2) is 0 Å². The Bertz CT molecular complexity index is 63.3. The van der Waals surface area contributed by atoms with Gasteiger partial charge in [0, 0.05) is 5.71 Å². The van der Waals surface area contributed by atoms with Crippen LogP contribution >= 0.6 is 12.4 Å². The maximum Gasteiger partial charge on any atom is 0.00889 e. The molecule has 0 aromatic heterocycles. The molecular weight excluding hydrogens is 134 g/mol. The normalized spacial score (nSPS) is 8.22. The average Bonchev–Trinajstić information content (AvgIpc) is 1.68. The second kappa shape index (κ2) is 7.96. The van der Waals surface area contributed by atoms with E-state index in [-0.39, 0.29) is 12.4 Å². The maximum absolute atomic E-state index is 7.29. The standard InChI is InChI=1S/C7H15N.ClH/c1-3-5-7(8)6-4-2;/h8H,3-6H2,1-2H3;1H. The Kier molecular flexibility index (Phi) is 10.4. The van der Waals surface area contributed by atoms with Gasteiger partial charge in [-0.25, -0.2) is 0 Å². The topological polar surface area (TPSA) is 23.9 Å². The molecule has 0 aromatic rings. The van der Waals surface area contributed by atoms with E-state index in [2.05, 4.69) is 13.8 Å².